The largest absolute Gasteiger partial charge is 0.496 e. The highest BCUT2D eigenvalue weighted by Gasteiger charge is 2.43. The van der Waals surface area contributed by atoms with Crippen LogP contribution in [-0.4, -0.2) is 86.1 Å². The monoisotopic (exact) mass is 413 g/mol. The zero-order valence-electron chi connectivity index (χ0n) is 17.9. The van der Waals surface area contributed by atoms with Gasteiger partial charge in [-0.3, -0.25) is 19.4 Å². The first-order valence-electron chi connectivity index (χ1n) is 10.9. The van der Waals surface area contributed by atoms with Gasteiger partial charge in [-0.2, -0.15) is 0 Å². The van der Waals surface area contributed by atoms with E-state index >= 15 is 0 Å². The van der Waals surface area contributed by atoms with Gasteiger partial charge in [0, 0.05) is 44.8 Å². The predicted octanol–water partition coefficient (Wildman–Crippen LogP) is 1.84. The smallest absolute Gasteiger partial charge is 0.277 e. The average Bonchev–Trinajstić information content (AvgIpc) is 3.02. The molecule has 1 aromatic rings. The van der Waals surface area contributed by atoms with Crippen molar-refractivity contribution in [3.63, 3.8) is 0 Å². The van der Waals surface area contributed by atoms with Crippen molar-refractivity contribution in [3.05, 3.63) is 35.5 Å². The Hall–Kier alpha value is -2.38. The zero-order valence-corrected chi connectivity index (χ0v) is 17.9. The molecular weight excluding hydrogens is 382 g/mol. The maximum Gasteiger partial charge on any atom is 0.277 e. The van der Waals surface area contributed by atoms with Crippen molar-refractivity contribution in [2.75, 3.05) is 59.6 Å². The highest BCUT2D eigenvalue weighted by atomic mass is 16.5. The van der Waals surface area contributed by atoms with Crippen molar-refractivity contribution in [2.45, 2.75) is 19.8 Å². The quantitative estimate of drug-likeness (QED) is 0.664. The standard InChI is InChI=1S/C23H31N3O4/c1-17-6-5-9-25(16-17)21-20(18-7-3-4-8-19(18)29-2)22(27)26(23(21)28)11-10-24-12-14-30-15-13-24/h3-4,7-8,17H,5-6,9-16H2,1-2H3. The third-order valence-electron chi connectivity index (χ3n) is 6.24. The van der Waals surface area contributed by atoms with Gasteiger partial charge in [0.1, 0.15) is 11.4 Å². The number of methoxy groups -OCH3 is 1. The first kappa shape index (κ1) is 20.9. The minimum absolute atomic E-state index is 0.178. The van der Waals surface area contributed by atoms with E-state index in [1.54, 1.807) is 7.11 Å². The molecule has 3 aliphatic rings. The first-order valence-corrected chi connectivity index (χ1v) is 10.9. The fraction of sp³-hybridized carbons (Fsp3) is 0.565. The summed E-state index contributed by atoms with van der Waals surface area (Å²) in [6, 6.07) is 7.48. The van der Waals surface area contributed by atoms with Crippen LogP contribution in [-0.2, 0) is 14.3 Å². The summed E-state index contributed by atoms with van der Waals surface area (Å²) in [5.74, 6) is 0.718. The molecule has 4 rings (SSSR count). The van der Waals surface area contributed by atoms with E-state index in [0.29, 0.717) is 54.8 Å². The molecule has 1 aromatic carbocycles. The van der Waals surface area contributed by atoms with Gasteiger partial charge in [0.2, 0.25) is 0 Å². The van der Waals surface area contributed by atoms with E-state index in [9.17, 15) is 9.59 Å². The number of benzene rings is 1. The number of morpholine rings is 1. The van der Waals surface area contributed by atoms with Crippen molar-refractivity contribution < 1.29 is 19.1 Å². The van der Waals surface area contributed by atoms with Crippen LogP contribution in [0.4, 0.5) is 0 Å². The number of hydrogen-bond donors (Lipinski definition) is 0. The molecule has 2 amide bonds. The molecule has 0 radical (unpaired) electrons. The van der Waals surface area contributed by atoms with Gasteiger partial charge in [0.25, 0.3) is 11.8 Å². The molecule has 2 saturated heterocycles. The lowest BCUT2D eigenvalue weighted by Crippen LogP contribution is -2.44. The number of likely N-dealkylation sites (tertiary alicyclic amines) is 1. The second kappa shape index (κ2) is 9.18. The summed E-state index contributed by atoms with van der Waals surface area (Å²) >= 11 is 0. The van der Waals surface area contributed by atoms with Gasteiger partial charge in [0.05, 0.1) is 25.9 Å². The topological polar surface area (TPSA) is 62.3 Å². The lowest BCUT2D eigenvalue weighted by Gasteiger charge is -2.33. The Morgan fingerprint density at radius 1 is 1.07 bits per heavy atom. The molecule has 30 heavy (non-hydrogen) atoms. The molecule has 0 N–H and O–H groups in total. The summed E-state index contributed by atoms with van der Waals surface area (Å²) in [6.45, 7) is 7.92. The molecule has 0 saturated carbocycles. The summed E-state index contributed by atoms with van der Waals surface area (Å²) in [5, 5.41) is 0. The summed E-state index contributed by atoms with van der Waals surface area (Å²) in [6.07, 6.45) is 2.18. The summed E-state index contributed by atoms with van der Waals surface area (Å²) in [7, 11) is 1.60. The van der Waals surface area contributed by atoms with E-state index in [0.717, 1.165) is 39.0 Å². The van der Waals surface area contributed by atoms with Gasteiger partial charge in [-0.1, -0.05) is 25.1 Å². The minimum Gasteiger partial charge on any atom is -0.496 e. The second-order valence-electron chi connectivity index (χ2n) is 8.33. The Bertz CT molecular complexity index is 831. The zero-order chi connectivity index (χ0) is 21.1. The molecular formula is C23H31N3O4. The number of carbonyl (C=O) groups excluding carboxylic acids is 2. The normalized spacial score (nSPS) is 23.5. The molecule has 0 bridgehead atoms. The molecule has 0 aromatic heterocycles. The van der Waals surface area contributed by atoms with E-state index in [-0.39, 0.29) is 11.8 Å². The minimum atomic E-state index is -0.217. The molecule has 0 spiro atoms. The maximum absolute atomic E-state index is 13.5. The Kier molecular flexibility index (Phi) is 6.39. The molecule has 7 heteroatoms. The maximum atomic E-state index is 13.5. The van der Waals surface area contributed by atoms with E-state index in [2.05, 4.69) is 16.7 Å². The Morgan fingerprint density at radius 2 is 1.83 bits per heavy atom. The Balaban J connectivity index is 1.65. The van der Waals surface area contributed by atoms with Crippen molar-refractivity contribution in [1.82, 2.24) is 14.7 Å². The van der Waals surface area contributed by atoms with Crippen LogP contribution < -0.4 is 4.74 Å². The number of imide groups is 1. The number of rotatable bonds is 6. The Labute approximate surface area is 178 Å². The third-order valence-corrected chi connectivity index (χ3v) is 6.24. The number of para-hydroxylation sites is 1. The van der Waals surface area contributed by atoms with Crippen molar-refractivity contribution in [3.8, 4) is 5.75 Å². The average molecular weight is 414 g/mol. The second-order valence-corrected chi connectivity index (χ2v) is 8.33. The lowest BCUT2D eigenvalue weighted by atomic mass is 9.97. The molecule has 162 valence electrons. The van der Waals surface area contributed by atoms with Crippen LogP contribution in [0.2, 0.25) is 0 Å². The molecule has 2 fully saturated rings. The lowest BCUT2D eigenvalue weighted by molar-refractivity contribution is -0.138. The Morgan fingerprint density at radius 3 is 2.57 bits per heavy atom. The van der Waals surface area contributed by atoms with E-state index < -0.39 is 0 Å². The highest BCUT2D eigenvalue weighted by Crippen LogP contribution is 2.37. The highest BCUT2D eigenvalue weighted by molar-refractivity contribution is 6.36. The van der Waals surface area contributed by atoms with Gasteiger partial charge in [-0.15, -0.1) is 0 Å². The summed E-state index contributed by atoms with van der Waals surface area (Å²) in [5.41, 5.74) is 1.71. The number of piperidine rings is 1. The molecule has 1 atom stereocenters. The summed E-state index contributed by atoms with van der Waals surface area (Å²) < 4.78 is 10.9. The first-order chi connectivity index (χ1) is 14.6. The number of hydrogen-bond acceptors (Lipinski definition) is 6. The number of amides is 2. The number of ether oxygens (including phenoxy) is 2. The molecule has 3 aliphatic heterocycles. The fourth-order valence-corrected chi connectivity index (χ4v) is 4.61. The molecule has 3 heterocycles. The van der Waals surface area contributed by atoms with Crippen LogP contribution in [0.15, 0.2) is 30.0 Å². The van der Waals surface area contributed by atoms with Gasteiger partial charge in [-0.05, 0) is 24.8 Å². The summed E-state index contributed by atoms with van der Waals surface area (Å²) in [4.78, 5) is 32.8. The third kappa shape index (κ3) is 4.09. The predicted molar refractivity (Wildman–Crippen MR) is 114 cm³/mol. The van der Waals surface area contributed by atoms with E-state index in [4.69, 9.17) is 9.47 Å². The number of carbonyl (C=O) groups is 2. The van der Waals surface area contributed by atoms with Crippen LogP contribution >= 0.6 is 0 Å². The van der Waals surface area contributed by atoms with Crippen LogP contribution in [0.5, 0.6) is 5.75 Å². The van der Waals surface area contributed by atoms with Gasteiger partial charge in [0.15, 0.2) is 0 Å². The number of nitrogens with zero attached hydrogens (tertiary/aromatic N) is 3. The van der Waals surface area contributed by atoms with E-state index in [1.807, 2.05) is 24.3 Å². The molecule has 1 unspecified atom stereocenters. The molecule has 7 nitrogen and oxygen atoms in total. The fourth-order valence-electron chi connectivity index (χ4n) is 4.61. The van der Waals surface area contributed by atoms with Gasteiger partial charge >= 0.3 is 0 Å². The van der Waals surface area contributed by atoms with Crippen LogP contribution in [0, 0.1) is 5.92 Å². The SMILES string of the molecule is COc1ccccc1C1=C(N2CCCC(C)C2)C(=O)N(CCN2CCOCC2)C1=O. The molecule has 0 aliphatic carbocycles. The van der Waals surface area contributed by atoms with Crippen molar-refractivity contribution in [2.24, 2.45) is 5.92 Å². The van der Waals surface area contributed by atoms with Crippen molar-refractivity contribution >= 4 is 17.4 Å². The van der Waals surface area contributed by atoms with Crippen LogP contribution in [0.25, 0.3) is 5.57 Å². The van der Waals surface area contributed by atoms with Crippen LogP contribution in [0.1, 0.15) is 25.3 Å². The van der Waals surface area contributed by atoms with Crippen LogP contribution in [0.3, 0.4) is 0 Å². The van der Waals surface area contributed by atoms with Gasteiger partial charge in [-0.25, -0.2) is 0 Å². The van der Waals surface area contributed by atoms with Gasteiger partial charge < -0.3 is 14.4 Å². The van der Waals surface area contributed by atoms with Crippen molar-refractivity contribution in [1.29, 1.82) is 0 Å². The van der Waals surface area contributed by atoms with E-state index in [1.165, 1.54) is 4.90 Å².